The summed E-state index contributed by atoms with van der Waals surface area (Å²) in [6, 6.07) is 7.40. The molecule has 0 aliphatic carbocycles. The summed E-state index contributed by atoms with van der Waals surface area (Å²) >= 11 is 10.9. The minimum absolute atomic E-state index is 0.560. The Morgan fingerprint density at radius 3 is 2.25 bits per heavy atom. The molecule has 6 heteroatoms. The minimum Gasteiger partial charge on any atom is -0.332 e. The number of hydrogen-bond acceptors (Lipinski definition) is 2. The average Bonchev–Trinajstić information content (AvgIpc) is 2.18. The molecule has 0 aliphatic heterocycles. The van der Waals surface area contributed by atoms with E-state index in [9.17, 15) is 0 Å². The standard InChI is InChI=1S/C10H16ClN3SSi/c1-16(2,3)14-13-10(15)12-9-6-4-8(11)5-7-9/h4-7,14H,1-3H3,(H2,12,13,15). The van der Waals surface area contributed by atoms with E-state index in [0.717, 1.165) is 5.69 Å². The predicted octanol–water partition coefficient (Wildman–Crippen LogP) is 2.97. The van der Waals surface area contributed by atoms with Gasteiger partial charge in [0, 0.05) is 10.7 Å². The van der Waals surface area contributed by atoms with Crippen LogP contribution in [-0.4, -0.2) is 13.3 Å². The van der Waals surface area contributed by atoms with E-state index in [4.69, 9.17) is 23.8 Å². The molecule has 1 aromatic carbocycles. The highest BCUT2D eigenvalue weighted by Gasteiger charge is 2.12. The van der Waals surface area contributed by atoms with Crippen molar-refractivity contribution in [2.45, 2.75) is 19.6 Å². The summed E-state index contributed by atoms with van der Waals surface area (Å²) in [7, 11) is -1.36. The number of anilines is 1. The Morgan fingerprint density at radius 1 is 1.19 bits per heavy atom. The minimum atomic E-state index is -1.36. The summed E-state index contributed by atoms with van der Waals surface area (Å²) in [6.45, 7) is 6.56. The monoisotopic (exact) mass is 273 g/mol. The molecule has 0 spiro atoms. The highest BCUT2D eigenvalue weighted by atomic mass is 35.5. The first kappa shape index (κ1) is 13.4. The third-order valence-electron chi connectivity index (χ3n) is 1.65. The van der Waals surface area contributed by atoms with Crippen LogP contribution in [-0.2, 0) is 0 Å². The van der Waals surface area contributed by atoms with Crippen LogP contribution in [0.1, 0.15) is 0 Å². The molecule has 0 heterocycles. The Balaban J connectivity index is 2.43. The molecule has 1 aromatic rings. The zero-order valence-electron chi connectivity index (χ0n) is 9.60. The SMILES string of the molecule is C[Si](C)(C)NNC(=S)Nc1ccc(Cl)cc1. The van der Waals surface area contributed by atoms with Gasteiger partial charge in [-0.25, -0.2) is 0 Å². The lowest BCUT2D eigenvalue weighted by atomic mass is 10.3. The van der Waals surface area contributed by atoms with E-state index in [0.29, 0.717) is 10.1 Å². The van der Waals surface area contributed by atoms with Gasteiger partial charge in [-0.15, -0.1) is 0 Å². The molecule has 0 bridgehead atoms. The molecule has 0 saturated carbocycles. The average molecular weight is 274 g/mol. The van der Waals surface area contributed by atoms with Crippen LogP contribution in [0.4, 0.5) is 5.69 Å². The van der Waals surface area contributed by atoms with Crippen molar-refractivity contribution in [1.82, 2.24) is 10.5 Å². The van der Waals surface area contributed by atoms with E-state index in [2.05, 4.69) is 35.5 Å². The van der Waals surface area contributed by atoms with Gasteiger partial charge in [-0.05, 0) is 36.5 Å². The van der Waals surface area contributed by atoms with Gasteiger partial charge in [0.05, 0.1) is 0 Å². The largest absolute Gasteiger partial charge is 0.332 e. The molecule has 0 unspecified atom stereocenters. The van der Waals surface area contributed by atoms with E-state index < -0.39 is 8.24 Å². The summed E-state index contributed by atoms with van der Waals surface area (Å²) in [5, 5.41) is 7.55. The summed E-state index contributed by atoms with van der Waals surface area (Å²) < 4.78 is 0. The summed E-state index contributed by atoms with van der Waals surface area (Å²) in [4.78, 5) is 0. The molecule has 0 aliphatic rings. The van der Waals surface area contributed by atoms with Crippen LogP contribution >= 0.6 is 23.8 Å². The normalized spacial score (nSPS) is 11.0. The molecular weight excluding hydrogens is 258 g/mol. The summed E-state index contributed by atoms with van der Waals surface area (Å²) in [6.07, 6.45) is 0. The molecule has 1 rings (SSSR count). The molecule has 0 atom stereocenters. The van der Waals surface area contributed by atoms with Gasteiger partial charge in [0.2, 0.25) is 0 Å². The van der Waals surface area contributed by atoms with Crippen LogP contribution in [0.5, 0.6) is 0 Å². The first-order valence-electron chi connectivity index (χ1n) is 4.96. The lowest BCUT2D eigenvalue weighted by Crippen LogP contribution is -2.53. The Hall–Kier alpha value is -0.623. The predicted molar refractivity (Wildman–Crippen MR) is 77.3 cm³/mol. The van der Waals surface area contributed by atoms with Gasteiger partial charge in [0.25, 0.3) is 0 Å². The molecule has 3 nitrogen and oxygen atoms in total. The van der Waals surface area contributed by atoms with Crippen LogP contribution in [0.2, 0.25) is 24.7 Å². The number of rotatable bonds is 3. The number of hydrogen-bond donors (Lipinski definition) is 3. The molecule has 0 saturated heterocycles. The Morgan fingerprint density at radius 2 is 1.75 bits per heavy atom. The lowest BCUT2D eigenvalue weighted by Gasteiger charge is -2.20. The van der Waals surface area contributed by atoms with Gasteiger partial charge in [0.15, 0.2) is 5.11 Å². The van der Waals surface area contributed by atoms with Gasteiger partial charge in [0.1, 0.15) is 8.24 Å². The maximum atomic E-state index is 5.79. The van der Waals surface area contributed by atoms with E-state index in [1.54, 1.807) is 0 Å². The van der Waals surface area contributed by atoms with Crippen LogP contribution in [0.3, 0.4) is 0 Å². The maximum Gasteiger partial charge on any atom is 0.184 e. The van der Waals surface area contributed by atoms with Gasteiger partial charge >= 0.3 is 0 Å². The van der Waals surface area contributed by atoms with Crippen LogP contribution in [0, 0.1) is 0 Å². The van der Waals surface area contributed by atoms with E-state index >= 15 is 0 Å². The van der Waals surface area contributed by atoms with E-state index in [-0.39, 0.29) is 0 Å². The van der Waals surface area contributed by atoms with Gasteiger partial charge in [-0.1, -0.05) is 31.2 Å². The van der Waals surface area contributed by atoms with Crippen molar-refractivity contribution < 1.29 is 0 Å². The molecule has 3 N–H and O–H groups in total. The molecule has 0 fully saturated rings. The van der Waals surface area contributed by atoms with Crippen molar-refractivity contribution in [2.75, 3.05) is 5.32 Å². The fourth-order valence-corrected chi connectivity index (χ4v) is 1.83. The third-order valence-corrected chi connectivity index (χ3v) is 2.98. The first-order chi connectivity index (χ1) is 7.37. The van der Waals surface area contributed by atoms with Crippen molar-refractivity contribution in [3.8, 4) is 0 Å². The highest BCUT2D eigenvalue weighted by Crippen LogP contribution is 2.12. The zero-order valence-corrected chi connectivity index (χ0v) is 12.2. The van der Waals surface area contributed by atoms with Crippen LogP contribution < -0.4 is 15.8 Å². The van der Waals surface area contributed by atoms with Crippen LogP contribution in [0.25, 0.3) is 0 Å². The first-order valence-corrected chi connectivity index (χ1v) is 9.25. The van der Waals surface area contributed by atoms with Crippen molar-refractivity contribution in [2.24, 2.45) is 0 Å². The summed E-state index contributed by atoms with van der Waals surface area (Å²) in [5.41, 5.74) is 3.90. The highest BCUT2D eigenvalue weighted by molar-refractivity contribution is 7.80. The maximum absolute atomic E-state index is 5.79. The molecule has 88 valence electrons. The Kier molecular flexibility index (Phi) is 4.73. The molecule has 0 aromatic heterocycles. The topological polar surface area (TPSA) is 36.1 Å². The quantitative estimate of drug-likeness (QED) is 0.450. The van der Waals surface area contributed by atoms with E-state index in [1.165, 1.54) is 0 Å². The second kappa shape index (κ2) is 5.63. The van der Waals surface area contributed by atoms with Crippen molar-refractivity contribution >= 4 is 42.9 Å². The number of thiocarbonyl (C=S) groups is 1. The van der Waals surface area contributed by atoms with Crippen molar-refractivity contribution in [1.29, 1.82) is 0 Å². The fraction of sp³-hybridized carbons (Fsp3) is 0.300. The number of hydrazine groups is 1. The second-order valence-corrected chi connectivity index (χ2v) is 10.1. The second-order valence-electron chi connectivity index (χ2n) is 4.46. The van der Waals surface area contributed by atoms with Crippen molar-refractivity contribution in [3.63, 3.8) is 0 Å². The fourth-order valence-electron chi connectivity index (χ4n) is 0.940. The molecular formula is C10H16ClN3SSi. The molecule has 16 heavy (non-hydrogen) atoms. The third kappa shape index (κ3) is 5.46. The number of halogens is 1. The van der Waals surface area contributed by atoms with Gasteiger partial charge in [-0.2, -0.15) is 0 Å². The van der Waals surface area contributed by atoms with Crippen molar-refractivity contribution in [3.05, 3.63) is 29.3 Å². The van der Waals surface area contributed by atoms with Gasteiger partial charge < -0.3 is 10.7 Å². The molecule has 0 amide bonds. The van der Waals surface area contributed by atoms with Crippen LogP contribution in [0.15, 0.2) is 24.3 Å². The Bertz CT molecular complexity index is 361. The lowest BCUT2D eigenvalue weighted by molar-refractivity contribution is 0.875. The smallest absolute Gasteiger partial charge is 0.184 e. The Labute approximate surface area is 108 Å². The summed E-state index contributed by atoms with van der Waals surface area (Å²) in [5.74, 6) is 0. The van der Waals surface area contributed by atoms with Gasteiger partial charge in [-0.3, -0.25) is 5.09 Å². The molecule has 0 radical (unpaired) electrons. The number of nitrogens with one attached hydrogen (secondary N) is 3. The number of benzene rings is 1. The van der Waals surface area contributed by atoms with E-state index in [1.807, 2.05) is 24.3 Å². The zero-order chi connectivity index (χ0) is 12.2.